The molecule has 0 unspecified atom stereocenters. The third-order valence-electron chi connectivity index (χ3n) is 1.88. The number of hydrogen-bond donors (Lipinski definition) is 1. The van der Waals surface area contributed by atoms with Crippen molar-refractivity contribution >= 4 is 12.1 Å². The van der Waals surface area contributed by atoms with Crippen molar-refractivity contribution in [3.05, 3.63) is 35.9 Å². The van der Waals surface area contributed by atoms with Crippen LogP contribution in [0.5, 0.6) is 0 Å². The number of nitrogens with zero attached hydrogens (tertiary/aromatic N) is 1. The number of amides is 1. The van der Waals surface area contributed by atoms with Gasteiger partial charge in [-0.2, -0.15) is 0 Å². The zero-order valence-electron chi connectivity index (χ0n) is 8.94. The summed E-state index contributed by atoms with van der Waals surface area (Å²) < 4.78 is 0. The van der Waals surface area contributed by atoms with Crippen LogP contribution >= 0.6 is 0 Å². The summed E-state index contributed by atoms with van der Waals surface area (Å²) in [5, 5.41) is 2.73. The molecule has 3 heteroatoms. The zero-order valence-corrected chi connectivity index (χ0v) is 8.94. The highest BCUT2D eigenvalue weighted by molar-refractivity contribution is 5.79. The van der Waals surface area contributed by atoms with Crippen molar-refractivity contribution in [2.24, 2.45) is 4.99 Å². The van der Waals surface area contributed by atoms with E-state index < -0.39 is 0 Å². The molecule has 0 aliphatic carbocycles. The average molecular weight is 204 g/mol. The van der Waals surface area contributed by atoms with E-state index in [9.17, 15) is 4.79 Å². The first-order valence-electron chi connectivity index (χ1n) is 5.08. The molecule has 0 aliphatic heterocycles. The molecule has 1 N–H and O–H groups in total. The Hall–Kier alpha value is -1.64. The number of rotatable bonds is 5. The Bertz CT molecular complexity index is 320. The number of hydrogen-bond acceptors (Lipinski definition) is 2. The molecule has 0 saturated heterocycles. The van der Waals surface area contributed by atoms with Crippen LogP contribution in [-0.2, 0) is 4.79 Å². The molecule has 80 valence electrons. The predicted octanol–water partition coefficient (Wildman–Crippen LogP) is 1.63. The van der Waals surface area contributed by atoms with Crippen molar-refractivity contribution in [1.29, 1.82) is 0 Å². The molecule has 1 aromatic carbocycles. The quantitative estimate of drug-likeness (QED) is 0.575. The fourth-order valence-corrected chi connectivity index (χ4v) is 1.14. The summed E-state index contributed by atoms with van der Waals surface area (Å²) in [6.45, 7) is 2.96. The first kappa shape index (κ1) is 11.4. The van der Waals surface area contributed by atoms with Gasteiger partial charge in [-0.15, -0.1) is 0 Å². The lowest BCUT2D eigenvalue weighted by Gasteiger charge is -1.98. The molecule has 0 heterocycles. The number of aliphatic imine (C=N–C) groups is 1. The van der Waals surface area contributed by atoms with Gasteiger partial charge in [0, 0.05) is 26.2 Å². The highest BCUT2D eigenvalue weighted by Crippen LogP contribution is 1.93. The molecule has 0 aromatic heterocycles. The lowest BCUT2D eigenvalue weighted by atomic mass is 10.2. The number of carbonyl (C=O) groups is 1. The van der Waals surface area contributed by atoms with E-state index in [1.165, 1.54) is 6.92 Å². The fourth-order valence-electron chi connectivity index (χ4n) is 1.14. The number of benzene rings is 1. The summed E-state index contributed by atoms with van der Waals surface area (Å²) in [5.41, 5.74) is 1.11. The van der Waals surface area contributed by atoms with Crippen LogP contribution in [0.3, 0.4) is 0 Å². The molecule has 0 fully saturated rings. The maximum absolute atomic E-state index is 10.5. The number of carbonyl (C=O) groups excluding carboxylic acids is 1. The number of nitrogens with one attached hydrogen (secondary N) is 1. The van der Waals surface area contributed by atoms with Gasteiger partial charge in [0.25, 0.3) is 0 Å². The van der Waals surface area contributed by atoms with Gasteiger partial charge >= 0.3 is 0 Å². The van der Waals surface area contributed by atoms with Crippen LogP contribution in [0.25, 0.3) is 0 Å². The molecule has 0 atom stereocenters. The Morgan fingerprint density at radius 3 is 2.80 bits per heavy atom. The molecular formula is C12H16N2O. The van der Waals surface area contributed by atoms with Gasteiger partial charge in [-0.25, -0.2) is 0 Å². The van der Waals surface area contributed by atoms with E-state index >= 15 is 0 Å². The Morgan fingerprint density at radius 1 is 1.40 bits per heavy atom. The lowest BCUT2D eigenvalue weighted by molar-refractivity contribution is -0.118. The van der Waals surface area contributed by atoms with Crippen molar-refractivity contribution in [3.8, 4) is 0 Å². The Balaban J connectivity index is 2.15. The van der Waals surface area contributed by atoms with Gasteiger partial charge in [0.15, 0.2) is 0 Å². The van der Waals surface area contributed by atoms with E-state index in [2.05, 4.69) is 10.3 Å². The van der Waals surface area contributed by atoms with E-state index in [0.29, 0.717) is 6.54 Å². The second kappa shape index (κ2) is 6.76. The molecule has 3 nitrogen and oxygen atoms in total. The second-order valence-corrected chi connectivity index (χ2v) is 3.28. The molecule has 0 spiro atoms. The average Bonchev–Trinajstić information content (AvgIpc) is 2.24. The maximum atomic E-state index is 10.5. The molecule has 1 amide bonds. The van der Waals surface area contributed by atoms with Crippen LogP contribution in [0.15, 0.2) is 35.3 Å². The fraction of sp³-hybridized carbons (Fsp3) is 0.333. The van der Waals surface area contributed by atoms with E-state index in [1.54, 1.807) is 0 Å². The second-order valence-electron chi connectivity index (χ2n) is 3.28. The summed E-state index contributed by atoms with van der Waals surface area (Å²) >= 11 is 0. The molecule has 1 aromatic rings. The maximum Gasteiger partial charge on any atom is 0.216 e. The van der Waals surface area contributed by atoms with E-state index in [4.69, 9.17) is 0 Å². The first-order valence-corrected chi connectivity index (χ1v) is 5.08. The summed E-state index contributed by atoms with van der Waals surface area (Å²) in [6, 6.07) is 9.97. The lowest BCUT2D eigenvalue weighted by Crippen LogP contribution is -2.21. The Morgan fingerprint density at radius 2 is 2.13 bits per heavy atom. The smallest absolute Gasteiger partial charge is 0.216 e. The van der Waals surface area contributed by atoms with Crippen LogP contribution in [0.1, 0.15) is 18.9 Å². The van der Waals surface area contributed by atoms with Gasteiger partial charge in [0.2, 0.25) is 5.91 Å². The standard InChI is InChI=1S/C12H16N2O/c1-11(15)14-9-5-8-13-10-12-6-3-2-4-7-12/h2-4,6-7,10H,5,8-9H2,1H3,(H,14,15). The Kier molecular flexibility index (Phi) is 5.15. The van der Waals surface area contributed by atoms with Crippen molar-refractivity contribution < 1.29 is 4.79 Å². The minimum absolute atomic E-state index is 0.0158. The van der Waals surface area contributed by atoms with Gasteiger partial charge < -0.3 is 5.32 Å². The largest absolute Gasteiger partial charge is 0.356 e. The van der Waals surface area contributed by atoms with Crippen molar-refractivity contribution in [3.63, 3.8) is 0 Å². The third-order valence-corrected chi connectivity index (χ3v) is 1.88. The van der Waals surface area contributed by atoms with Gasteiger partial charge in [0.05, 0.1) is 0 Å². The monoisotopic (exact) mass is 204 g/mol. The Labute approximate surface area is 90.2 Å². The highest BCUT2D eigenvalue weighted by atomic mass is 16.1. The van der Waals surface area contributed by atoms with Gasteiger partial charge in [-0.3, -0.25) is 9.79 Å². The highest BCUT2D eigenvalue weighted by Gasteiger charge is 1.89. The first-order chi connectivity index (χ1) is 7.29. The van der Waals surface area contributed by atoms with Crippen molar-refractivity contribution in [2.75, 3.05) is 13.1 Å². The summed E-state index contributed by atoms with van der Waals surface area (Å²) in [4.78, 5) is 14.8. The summed E-state index contributed by atoms with van der Waals surface area (Å²) in [5.74, 6) is 0.0158. The topological polar surface area (TPSA) is 41.5 Å². The molecular weight excluding hydrogens is 188 g/mol. The molecule has 1 rings (SSSR count). The van der Waals surface area contributed by atoms with Crippen LogP contribution in [-0.4, -0.2) is 25.2 Å². The van der Waals surface area contributed by atoms with Crippen molar-refractivity contribution in [2.45, 2.75) is 13.3 Å². The van der Waals surface area contributed by atoms with Gasteiger partial charge in [-0.1, -0.05) is 30.3 Å². The molecule has 0 radical (unpaired) electrons. The van der Waals surface area contributed by atoms with Crippen LogP contribution < -0.4 is 5.32 Å². The SMILES string of the molecule is CC(=O)NCCCN=Cc1ccccc1. The summed E-state index contributed by atoms with van der Waals surface area (Å²) in [7, 11) is 0. The van der Waals surface area contributed by atoms with Crippen molar-refractivity contribution in [1.82, 2.24) is 5.32 Å². The van der Waals surface area contributed by atoms with Crippen LogP contribution in [0.2, 0.25) is 0 Å². The zero-order chi connectivity index (χ0) is 10.9. The summed E-state index contributed by atoms with van der Waals surface area (Å²) in [6.07, 6.45) is 2.73. The molecule has 0 aliphatic rings. The molecule has 0 bridgehead atoms. The van der Waals surface area contributed by atoms with E-state index in [0.717, 1.165) is 18.5 Å². The minimum atomic E-state index is 0.0158. The van der Waals surface area contributed by atoms with Crippen LogP contribution in [0.4, 0.5) is 0 Å². The predicted molar refractivity (Wildman–Crippen MR) is 62.2 cm³/mol. The van der Waals surface area contributed by atoms with E-state index in [-0.39, 0.29) is 5.91 Å². The van der Waals surface area contributed by atoms with Crippen LogP contribution in [0, 0.1) is 0 Å². The normalized spacial score (nSPS) is 10.5. The molecule has 0 saturated carbocycles. The van der Waals surface area contributed by atoms with E-state index in [1.807, 2.05) is 36.5 Å². The van der Waals surface area contributed by atoms with Gasteiger partial charge in [0.1, 0.15) is 0 Å². The minimum Gasteiger partial charge on any atom is -0.356 e. The van der Waals surface area contributed by atoms with Gasteiger partial charge in [-0.05, 0) is 12.0 Å². The molecule has 15 heavy (non-hydrogen) atoms. The third kappa shape index (κ3) is 5.62.